The number of allylic oxidation sites excluding steroid dienone is 1. The number of amides is 1. The quantitative estimate of drug-likeness (QED) is 0.749. The van der Waals surface area contributed by atoms with Crippen molar-refractivity contribution in [2.24, 2.45) is 5.92 Å². The van der Waals surface area contributed by atoms with Crippen LogP contribution in [0.15, 0.2) is 49.1 Å². The standard InChI is InChI=1S/C25H30N4O2/c1-2-3-18-6-8-21(9-7-18)24-22(14-30)29(13-20-11-26-17-27-12-20)25(24)15-28(16-25)23(31)10-19-4-5-19/h2-3,6-9,11-12,17,19,22,24,30H,4-5,10,13-16H2,1H3/b3-2+/t22-,24+/m1/s1. The highest BCUT2D eigenvalue weighted by molar-refractivity contribution is 5.78. The monoisotopic (exact) mass is 418 g/mol. The molecule has 2 aliphatic heterocycles. The van der Waals surface area contributed by atoms with Crippen LogP contribution in [0.4, 0.5) is 0 Å². The van der Waals surface area contributed by atoms with Gasteiger partial charge >= 0.3 is 0 Å². The Balaban J connectivity index is 1.40. The van der Waals surface area contributed by atoms with E-state index in [1.54, 1.807) is 0 Å². The van der Waals surface area contributed by atoms with Gasteiger partial charge in [-0.15, -0.1) is 0 Å². The van der Waals surface area contributed by atoms with Crippen molar-refractivity contribution in [1.29, 1.82) is 0 Å². The van der Waals surface area contributed by atoms with Crippen molar-refractivity contribution in [3.05, 3.63) is 65.8 Å². The Morgan fingerprint density at radius 3 is 2.52 bits per heavy atom. The number of likely N-dealkylation sites (tertiary alicyclic amines) is 2. The lowest BCUT2D eigenvalue weighted by atomic mass is 9.60. The Morgan fingerprint density at radius 1 is 1.19 bits per heavy atom. The van der Waals surface area contributed by atoms with Crippen molar-refractivity contribution in [3.8, 4) is 0 Å². The number of aliphatic hydroxyl groups excluding tert-OH is 1. The van der Waals surface area contributed by atoms with Gasteiger partial charge in [-0.1, -0.05) is 36.4 Å². The van der Waals surface area contributed by atoms with E-state index in [9.17, 15) is 9.90 Å². The first-order valence-electron chi connectivity index (χ1n) is 11.3. The molecule has 2 aromatic rings. The third kappa shape index (κ3) is 3.68. The molecule has 3 fully saturated rings. The second-order valence-corrected chi connectivity index (χ2v) is 9.27. The van der Waals surface area contributed by atoms with Gasteiger partial charge in [-0.3, -0.25) is 9.69 Å². The number of hydrogen-bond donors (Lipinski definition) is 1. The van der Waals surface area contributed by atoms with Crippen LogP contribution in [0.1, 0.15) is 48.8 Å². The van der Waals surface area contributed by atoms with E-state index in [1.165, 1.54) is 30.3 Å². The molecule has 1 saturated carbocycles. The van der Waals surface area contributed by atoms with Crippen LogP contribution in [0.3, 0.4) is 0 Å². The van der Waals surface area contributed by atoms with Crippen LogP contribution in [0.25, 0.3) is 6.08 Å². The number of carbonyl (C=O) groups excluding carboxylic acids is 1. The van der Waals surface area contributed by atoms with Crippen molar-refractivity contribution >= 4 is 12.0 Å². The Hall–Kier alpha value is -2.57. The fourth-order valence-corrected chi connectivity index (χ4v) is 5.46. The first kappa shape index (κ1) is 20.3. The highest BCUT2D eigenvalue weighted by Gasteiger charge is 2.66. The van der Waals surface area contributed by atoms with E-state index in [0.717, 1.165) is 18.7 Å². The van der Waals surface area contributed by atoms with E-state index < -0.39 is 0 Å². The van der Waals surface area contributed by atoms with E-state index >= 15 is 0 Å². The summed E-state index contributed by atoms with van der Waals surface area (Å²) in [4.78, 5) is 25.4. The normalized spacial score (nSPS) is 24.9. The molecule has 0 radical (unpaired) electrons. The predicted octanol–water partition coefficient (Wildman–Crippen LogP) is 2.85. The number of rotatable bonds is 7. The molecule has 31 heavy (non-hydrogen) atoms. The molecule has 1 N–H and O–H groups in total. The minimum absolute atomic E-state index is 0.0217. The molecule has 1 aliphatic carbocycles. The largest absolute Gasteiger partial charge is 0.395 e. The zero-order valence-electron chi connectivity index (χ0n) is 18.0. The van der Waals surface area contributed by atoms with E-state index in [4.69, 9.17) is 0 Å². The number of aromatic nitrogens is 2. The van der Waals surface area contributed by atoms with Crippen molar-refractivity contribution < 1.29 is 9.90 Å². The molecule has 1 spiro atoms. The van der Waals surface area contributed by atoms with E-state index in [-0.39, 0.29) is 30.0 Å². The summed E-state index contributed by atoms with van der Waals surface area (Å²) in [6.07, 6.45) is 12.4. The van der Waals surface area contributed by atoms with E-state index in [1.807, 2.05) is 30.3 Å². The van der Waals surface area contributed by atoms with Gasteiger partial charge in [0, 0.05) is 56.0 Å². The molecule has 6 heteroatoms. The van der Waals surface area contributed by atoms with Crippen molar-refractivity contribution in [2.75, 3.05) is 19.7 Å². The SMILES string of the molecule is C/C=C/c1ccc([C@H]2[C@@H](CO)N(Cc3cncnc3)C23CN(C(=O)CC2CC2)C3)cc1. The summed E-state index contributed by atoms with van der Waals surface area (Å²) >= 11 is 0. The van der Waals surface area contributed by atoms with Crippen molar-refractivity contribution in [1.82, 2.24) is 19.8 Å². The molecule has 2 atom stereocenters. The average Bonchev–Trinajstić information content (AvgIpc) is 3.56. The number of carbonyl (C=O) groups is 1. The number of benzene rings is 1. The van der Waals surface area contributed by atoms with Crippen LogP contribution < -0.4 is 0 Å². The molecule has 3 heterocycles. The van der Waals surface area contributed by atoms with Gasteiger partial charge in [0.1, 0.15) is 6.33 Å². The summed E-state index contributed by atoms with van der Waals surface area (Å²) < 4.78 is 0. The predicted molar refractivity (Wildman–Crippen MR) is 119 cm³/mol. The Bertz CT molecular complexity index is 949. The summed E-state index contributed by atoms with van der Waals surface area (Å²) in [7, 11) is 0. The van der Waals surface area contributed by atoms with Crippen LogP contribution in [0.5, 0.6) is 0 Å². The Kier molecular flexibility index (Phi) is 5.36. The van der Waals surface area contributed by atoms with Crippen LogP contribution in [0, 0.1) is 5.92 Å². The zero-order chi connectivity index (χ0) is 21.4. The lowest BCUT2D eigenvalue weighted by Gasteiger charge is -2.70. The van der Waals surface area contributed by atoms with Gasteiger partial charge in [0.25, 0.3) is 0 Å². The molecule has 1 aromatic heterocycles. The summed E-state index contributed by atoms with van der Waals surface area (Å²) in [6.45, 7) is 4.24. The van der Waals surface area contributed by atoms with Crippen LogP contribution >= 0.6 is 0 Å². The Labute approximate surface area is 183 Å². The molecule has 3 aliphatic rings. The maximum atomic E-state index is 12.7. The van der Waals surface area contributed by atoms with E-state index in [0.29, 0.717) is 18.9 Å². The van der Waals surface area contributed by atoms with Gasteiger partial charge in [-0.25, -0.2) is 9.97 Å². The highest BCUT2D eigenvalue weighted by atomic mass is 16.3. The fourth-order valence-electron chi connectivity index (χ4n) is 5.46. The van der Waals surface area contributed by atoms with Crippen LogP contribution in [-0.2, 0) is 11.3 Å². The summed E-state index contributed by atoms with van der Waals surface area (Å²) in [5.41, 5.74) is 3.31. The summed E-state index contributed by atoms with van der Waals surface area (Å²) in [6, 6.07) is 8.66. The molecular formula is C25H30N4O2. The van der Waals surface area contributed by atoms with Gasteiger partial charge in [0.2, 0.25) is 5.91 Å². The third-order valence-corrected chi connectivity index (χ3v) is 7.19. The summed E-state index contributed by atoms with van der Waals surface area (Å²) in [5, 5.41) is 10.3. The lowest BCUT2D eigenvalue weighted by molar-refractivity contribution is -0.200. The smallest absolute Gasteiger partial charge is 0.222 e. The lowest BCUT2D eigenvalue weighted by Crippen LogP contribution is -2.84. The average molecular weight is 419 g/mol. The molecular weight excluding hydrogens is 388 g/mol. The number of hydrogen-bond acceptors (Lipinski definition) is 5. The summed E-state index contributed by atoms with van der Waals surface area (Å²) in [5.74, 6) is 1.08. The minimum atomic E-state index is -0.134. The first-order valence-corrected chi connectivity index (χ1v) is 11.3. The van der Waals surface area contributed by atoms with Crippen molar-refractivity contribution in [3.63, 3.8) is 0 Å². The third-order valence-electron chi connectivity index (χ3n) is 7.19. The molecule has 1 aromatic carbocycles. The molecule has 2 saturated heterocycles. The molecule has 6 nitrogen and oxygen atoms in total. The number of aliphatic hydroxyl groups is 1. The van der Waals surface area contributed by atoms with Crippen LogP contribution in [0.2, 0.25) is 0 Å². The highest BCUT2D eigenvalue weighted by Crippen LogP contribution is 2.54. The second kappa shape index (κ2) is 8.17. The molecule has 0 unspecified atom stereocenters. The fraction of sp³-hybridized carbons (Fsp3) is 0.480. The molecule has 0 bridgehead atoms. The topological polar surface area (TPSA) is 69.6 Å². The van der Waals surface area contributed by atoms with Gasteiger partial charge in [0.15, 0.2) is 0 Å². The second-order valence-electron chi connectivity index (χ2n) is 9.27. The van der Waals surface area contributed by atoms with Crippen molar-refractivity contribution in [2.45, 2.75) is 50.2 Å². The maximum Gasteiger partial charge on any atom is 0.222 e. The van der Waals surface area contributed by atoms with Gasteiger partial charge < -0.3 is 10.0 Å². The van der Waals surface area contributed by atoms with Gasteiger partial charge in [0.05, 0.1) is 12.1 Å². The first-order chi connectivity index (χ1) is 15.1. The number of nitrogens with zero attached hydrogens (tertiary/aromatic N) is 4. The van der Waals surface area contributed by atoms with Crippen LogP contribution in [-0.4, -0.2) is 62.1 Å². The molecule has 5 rings (SSSR count). The van der Waals surface area contributed by atoms with Gasteiger partial charge in [-0.05, 0) is 36.8 Å². The molecule has 162 valence electrons. The Morgan fingerprint density at radius 2 is 1.90 bits per heavy atom. The van der Waals surface area contributed by atoms with E-state index in [2.05, 4.69) is 45.2 Å². The maximum absolute atomic E-state index is 12.7. The van der Waals surface area contributed by atoms with Gasteiger partial charge in [-0.2, -0.15) is 0 Å². The zero-order valence-corrected chi connectivity index (χ0v) is 18.0. The molecule has 1 amide bonds. The minimum Gasteiger partial charge on any atom is -0.395 e.